The van der Waals surface area contributed by atoms with Gasteiger partial charge in [-0.1, -0.05) is 0 Å². The molecule has 0 saturated carbocycles. The number of hydrogen-bond donors (Lipinski definition) is 0. The minimum Gasteiger partial charge on any atom is -0.262 e. The number of rotatable bonds is 2. The van der Waals surface area contributed by atoms with Crippen molar-refractivity contribution in [3.63, 3.8) is 0 Å². The van der Waals surface area contributed by atoms with Crippen molar-refractivity contribution in [2.75, 3.05) is 0 Å². The van der Waals surface area contributed by atoms with Crippen molar-refractivity contribution >= 4 is 11.6 Å². The fourth-order valence-electron chi connectivity index (χ4n) is 1.09. The molecule has 13 heavy (non-hydrogen) atoms. The first kappa shape index (κ1) is 8.26. The molecule has 2 rings (SSSR count). The number of hydrogen-bond acceptors (Lipinski definition) is 2. The topological polar surface area (TPSA) is 30.7 Å². The zero-order chi connectivity index (χ0) is 9.10. The molecule has 4 heteroatoms. The molecule has 2 aromatic rings. The summed E-state index contributed by atoms with van der Waals surface area (Å²) in [5.41, 5.74) is 1.93. The maximum absolute atomic E-state index is 5.69. The van der Waals surface area contributed by atoms with Crippen LogP contribution in [-0.4, -0.2) is 14.8 Å². The van der Waals surface area contributed by atoms with E-state index < -0.39 is 0 Å². The summed E-state index contributed by atoms with van der Waals surface area (Å²) >= 11 is 5.69. The number of aromatic nitrogens is 3. The van der Waals surface area contributed by atoms with Crippen molar-refractivity contribution in [3.05, 3.63) is 42.5 Å². The molecule has 0 radical (unpaired) electrons. The van der Waals surface area contributed by atoms with E-state index in [1.54, 1.807) is 23.3 Å². The Morgan fingerprint density at radius 2 is 2.31 bits per heavy atom. The summed E-state index contributed by atoms with van der Waals surface area (Å²) in [4.78, 5) is 4.07. The van der Waals surface area contributed by atoms with Crippen LogP contribution in [0, 0.1) is 0 Å². The molecule has 2 aromatic heterocycles. The van der Waals surface area contributed by atoms with E-state index in [2.05, 4.69) is 10.1 Å². The average Bonchev–Trinajstić information content (AvgIpc) is 2.71. The van der Waals surface area contributed by atoms with Crippen molar-refractivity contribution in [1.82, 2.24) is 14.8 Å². The van der Waals surface area contributed by atoms with Crippen LogP contribution in [0.3, 0.4) is 0 Å². The van der Waals surface area contributed by atoms with E-state index in [1.165, 1.54) is 0 Å². The fourth-order valence-corrected chi connectivity index (χ4v) is 1.24. The second-order valence-corrected chi connectivity index (χ2v) is 2.90. The monoisotopic (exact) mass is 193 g/mol. The summed E-state index contributed by atoms with van der Waals surface area (Å²) in [5.74, 6) is 0.474. The standard InChI is InChI=1S/C9H8ClN3/c10-5-8-4-9(7-11-6-8)13-3-1-2-12-13/h1-4,6-7H,5H2. The molecule has 0 bridgehead atoms. The van der Waals surface area contributed by atoms with Gasteiger partial charge in [0.05, 0.1) is 11.9 Å². The van der Waals surface area contributed by atoms with Crippen molar-refractivity contribution in [1.29, 1.82) is 0 Å². The Hall–Kier alpha value is -1.35. The highest BCUT2D eigenvalue weighted by molar-refractivity contribution is 6.17. The smallest absolute Gasteiger partial charge is 0.0831 e. The van der Waals surface area contributed by atoms with Crippen LogP contribution in [0.25, 0.3) is 5.69 Å². The summed E-state index contributed by atoms with van der Waals surface area (Å²) in [5, 5.41) is 4.10. The van der Waals surface area contributed by atoms with Gasteiger partial charge in [0.25, 0.3) is 0 Å². The Bertz CT molecular complexity index is 384. The lowest BCUT2D eigenvalue weighted by atomic mass is 10.3. The largest absolute Gasteiger partial charge is 0.262 e. The zero-order valence-corrected chi connectivity index (χ0v) is 7.65. The summed E-state index contributed by atoms with van der Waals surface area (Å²) < 4.78 is 1.75. The van der Waals surface area contributed by atoms with Crippen LogP contribution >= 0.6 is 11.6 Å². The summed E-state index contributed by atoms with van der Waals surface area (Å²) in [7, 11) is 0. The van der Waals surface area contributed by atoms with Gasteiger partial charge in [-0.25, -0.2) is 4.68 Å². The quantitative estimate of drug-likeness (QED) is 0.684. The molecule has 0 aliphatic carbocycles. The number of alkyl halides is 1. The molecule has 0 aliphatic rings. The Balaban J connectivity index is 2.41. The van der Waals surface area contributed by atoms with Gasteiger partial charge in [0.15, 0.2) is 0 Å². The molecule has 0 fully saturated rings. The predicted molar refractivity (Wildman–Crippen MR) is 50.9 cm³/mol. The number of halogens is 1. The predicted octanol–water partition coefficient (Wildman–Crippen LogP) is 2.01. The lowest BCUT2D eigenvalue weighted by Crippen LogP contribution is -1.95. The Morgan fingerprint density at radius 1 is 1.38 bits per heavy atom. The first-order valence-corrected chi connectivity index (χ1v) is 4.43. The van der Waals surface area contributed by atoms with E-state index >= 15 is 0 Å². The summed E-state index contributed by atoms with van der Waals surface area (Å²) in [6.45, 7) is 0. The highest BCUT2D eigenvalue weighted by atomic mass is 35.5. The van der Waals surface area contributed by atoms with Gasteiger partial charge in [0, 0.05) is 24.5 Å². The lowest BCUT2D eigenvalue weighted by Gasteiger charge is -2.01. The SMILES string of the molecule is ClCc1cncc(-n2cccn2)c1. The maximum Gasteiger partial charge on any atom is 0.0831 e. The van der Waals surface area contributed by atoms with Gasteiger partial charge < -0.3 is 0 Å². The molecule has 0 aliphatic heterocycles. The summed E-state index contributed by atoms with van der Waals surface area (Å²) in [6.07, 6.45) is 7.10. The number of nitrogens with zero attached hydrogens (tertiary/aromatic N) is 3. The minimum absolute atomic E-state index is 0.474. The van der Waals surface area contributed by atoms with Crippen LogP contribution < -0.4 is 0 Å². The third kappa shape index (κ3) is 1.70. The number of pyridine rings is 1. The van der Waals surface area contributed by atoms with Crippen molar-refractivity contribution in [2.24, 2.45) is 0 Å². The average molecular weight is 194 g/mol. The third-order valence-electron chi connectivity index (χ3n) is 1.70. The minimum atomic E-state index is 0.474. The normalized spacial score (nSPS) is 10.2. The van der Waals surface area contributed by atoms with Crippen LogP contribution in [0.15, 0.2) is 36.9 Å². The van der Waals surface area contributed by atoms with E-state index in [9.17, 15) is 0 Å². The molecule has 3 nitrogen and oxygen atoms in total. The first-order chi connectivity index (χ1) is 6.40. The van der Waals surface area contributed by atoms with Gasteiger partial charge in [-0.05, 0) is 17.7 Å². The van der Waals surface area contributed by atoms with Crippen molar-refractivity contribution in [3.8, 4) is 5.69 Å². The van der Waals surface area contributed by atoms with Gasteiger partial charge in [-0.15, -0.1) is 11.6 Å². The molecular weight excluding hydrogens is 186 g/mol. The summed E-state index contributed by atoms with van der Waals surface area (Å²) in [6, 6.07) is 3.83. The van der Waals surface area contributed by atoms with E-state index in [1.807, 2.05) is 18.3 Å². The van der Waals surface area contributed by atoms with Crippen molar-refractivity contribution in [2.45, 2.75) is 5.88 Å². The molecule has 0 amide bonds. The van der Waals surface area contributed by atoms with Gasteiger partial charge >= 0.3 is 0 Å². The molecule has 0 spiro atoms. The molecule has 0 aromatic carbocycles. The second kappa shape index (κ2) is 3.58. The molecule has 66 valence electrons. The van der Waals surface area contributed by atoms with Gasteiger partial charge in [0.2, 0.25) is 0 Å². The Kier molecular flexibility index (Phi) is 2.27. The van der Waals surface area contributed by atoms with Crippen LogP contribution in [0.4, 0.5) is 0 Å². The molecule has 0 saturated heterocycles. The second-order valence-electron chi connectivity index (χ2n) is 2.64. The van der Waals surface area contributed by atoms with Crippen LogP contribution in [0.5, 0.6) is 0 Å². The van der Waals surface area contributed by atoms with Crippen LogP contribution in [0.1, 0.15) is 5.56 Å². The van der Waals surface area contributed by atoms with E-state index in [0.29, 0.717) is 5.88 Å². The molecule has 0 unspecified atom stereocenters. The third-order valence-corrected chi connectivity index (χ3v) is 2.01. The van der Waals surface area contributed by atoms with Crippen LogP contribution in [0.2, 0.25) is 0 Å². The zero-order valence-electron chi connectivity index (χ0n) is 6.89. The van der Waals surface area contributed by atoms with Crippen molar-refractivity contribution < 1.29 is 0 Å². The van der Waals surface area contributed by atoms with E-state index in [4.69, 9.17) is 11.6 Å². The fraction of sp³-hybridized carbons (Fsp3) is 0.111. The molecular formula is C9H8ClN3. The lowest BCUT2D eigenvalue weighted by molar-refractivity contribution is 0.871. The highest BCUT2D eigenvalue weighted by Gasteiger charge is 1.97. The molecule has 0 atom stereocenters. The molecule has 2 heterocycles. The highest BCUT2D eigenvalue weighted by Crippen LogP contribution is 2.08. The molecule has 0 N–H and O–H groups in total. The first-order valence-electron chi connectivity index (χ1n) is 3.90. The Morgan fingerprint density at radius 3 is 3.00 bits per heavy atom. The van der Waals surface area contributed by atoms with Gasteiger partial charge in [-0.2, -0.15) is 5.10 Å². The van der Waals surface area contributed by atoms with Gasteiger partial charge in [0.1, 0.15) is 0 Å². The van der Waals surface area contributed by atoms with Gasteiger partial charge in [-0.3, -0.25) is 4.98 Å². The maximum atomic E-state index is 5.69. The van der Waals surface area contributed by atoms with E-state index in [-0.39, 0.29) is 0 Å². The van der Waals surface area contributed by atoms with Crippen LogP contribution in [-0.2, 0) is 5.88 Å². The van der Waals surface area contributed by atoms with E-state index in [0.717, 1.165) is 11.3 Å². The Labute approximate surface area is 81.0 Å².